The Kier molecular flexibility index (Phi) is 6.91. The quantitative estimate of drug-likeness (QED) is 0.544. The number of nitrogens with zero attached hydrogens (tertiary/aromatic N) is 1. The van der Waals surface area contributed by atoms with Crippen LogP contribution in [-0.4, -0.2) is 62.3 Å². The predicted molar refractivity (Wildman–Crippen MR) is 110 cm³/mol. The molecule has 180 valence electrons. The Morgan fingerprint density at radius 2 is 1.97 bits per heavy atom. The Morgan fingerprint density at radius 1 is 1.38 bits per heavy atom. The molecule has 1 aromatic heterocycles. The maximum atomic E-state index is 15.6. The molecule has 0 bridgehead atoms. The molecule has 1 unspecified atom stereocenters. The highest BCUT2D eigenvalue weighted by Crippen LogP contribution is 2.47. The van der Waals surface area contributed by atoms with Crippen LogP contribution in [0.2, 0.25) is 0 Å². The number of alkyl halides is 1. The Hall–Kier alpha value is -2.73. The first-order valence-corrected chi connectivity index (χ1v) is 10.0. The molecule has 1 amide bonds. The fraction of sp³-hybridized carbons (Fsp3) is 0.700. The number of H-pyrrole nitrogens is 1. The third-order valence-electron chi connectivity index (χ3n) is 5.26. The van der Waals surface area contributed by atoms with E-state index in [4.69, 9.17) is 14.2 Å². The molecule has 1 aliphatic heterocycles. The summed E-state index contributed by atoms with van der Waals surface area (Å²) in [7, 11) is 0. The second-order valence-electron chi connectivity index (χ2n) is 9.15. The van der Waals surface area contributed by atoms with Crippen LogP contribution in [0.3, 0.4) is 0 Å². The first kappa shape index (κ1) is 25.5. The number of amides is 1. The number of carbonyl (C=O) groups excluding carboxylic acids is 2. The van der Waals surface area contributed by atoms with Crippen LogP contribution in [0.4, 0.5) is 9.18 Å². The Labute approximate surface area is 183 Å². The highest BCUT2D eigenvalue weighted by atomic mass is 19.1. The lowest BCUT2D eigenvalue weighted by atomic mass is 9.84. The summed E-state index contributed by atoms with van der Waals surface area (Å²) >= 11 is 0. The zero-order chi connectivity index (χ0) is 24.6. The van der Waals surface area contributed by atoms with Gasteiger partial charge in [0.05, 0.1) is 0 Å². The zero-order valence-corrected chi connectivity index (χ0v) is 19.1. The van der Waals surface area contributed by atoms with Gasteiger partial charge in [-0.1, -0.05) is 0 Å². The van der Waals surface area contributed by atoms with Gasteiger partial charge in [-0.15, -0.1) is 0 Å². The molecule has 12 heteroatoms. The minimum atomic E-state index is -2.59. The van der Waals surface area contributed by atoms with Crippen molar-refractivity contribution < 1.29 is 33.3 Å². The Morgan fingerprint density at radius 3 is 2.53 bits per heavy atom. The van der Waals surface area contributed by atoms with Crippen LogP contribution in [0, 0.1) is 6.92 Å². The monoisotopic (exact) mass is 459 g/mol. The normalized spacial score (nSPS) is 28.8. The molecule has 0 radical (unpaired) electrons. The van der Waals surface area contributed by atoms with E-state index >= 15 is 4.39 Å². The topological polar surface area (TPSA) is 149 Å². The molecular formula is C20H30FN3O8. The number of esters is 1. The van der Waals surface area contributed by atoms with E-state index in [1.54, 1.807) is 20.8 Å². The third kappa shape index (κ3) is 5.01. The van der Waals surface area contributed by atoms with Crippen LogP contribution in [0.5, 0.6) is 0 Å². The van der Waals surface area contributed by atoms with Gasteiger partial charge in [0.15, 0.2) is 11.9 Å². The number of hydrogen-bond acceptors (Lipinski definition) is 8. The van der Waals surface area contributed by atoms with Crippen molar-refractivity contribution in [3.8, 4) is 0 Å². The minimum absolute atomic E-state index is 0.139. The summed E-state index contributed by atoms with van der Waals surface area (Å²) in [5.41, 5.74) is -7.15. The van der Waals surface area contributed by atoms with Crippen molar-refractivity contribution in [2.75, 3.05) is 6.61 Å². The largest absolute Gasteiger partial charge is 0.461 e. The highest BCUT2D eigenvalue weighted by Gasteiger charge is 2.64. The number of aryl methyl sites for hydroxylation is 1. The van der Waals surface area contributed by atoms with E-state index in [0.717, 1.165) is 13.8 Å². The lowest BCUT2D eigenvalue weighted by molar-refractivity contribution is -0.155. The molecule has 1 saturated heterocycles. The number of halogens is 1. The van der Waals surface area contributed by atoms with Gasteiger partial charge in [-0.3, -0.25) is 4.79 Å². The maximum absolute atomic E-state index is 15.6. The van der Waals surface area contributed by atoms with Crippen molar-refractivity contribution in [2.24, 2.45) is 0 Å². The average Bonchev–Trinajstić information content (AvgIpc) is 2.80. The van der Waals surface area contributed by atoms with Crippen LogP contribution in [0.1, 0.15) is 53.3 Å². The second kappa shape index (κ2) is 8.66. The van der Waals surface area contributed by atoms with Crippen LogP contribution in [-0.2, 0) is 19.0 Å². The number of aliphatic hydroxyl groups is 1. The number of ether oxygens (including phenoxy) is 3. The summed E-state index contributed by atoms with van der Waals surface area (Å²) in [6.45, 7) is 9.26. The maximum Gasteiger partial charge on any atom is 0.408 e. The summed E-state index contributed by atoms with van der Waals surface area (Å²) in [5.74, 6) is -0.884. The standard InChI is InChI=1S/C20H30FN3O8/c1-10-8-22-16(27)24(13(10)25)15-19(6,21)20(7,29)12(31-15)9-30-14(26)11(2)23-17(28)32-18(3,4)5/h8,11-12,15,29H,9H2,1-7H3,(H,22,27)(H,23,28)/t11?,12-,15+,19-,20-/m0/s1. The highest BCUT2D eigenvalue weighted by molar-refractivity contribution is 5.81. The number of alkyl carbamates (subject to hydrolysis) is 1. The summed E-state index contributed by atoms with van der Waals surface area (Å²) in [5, 5.41) is 13.1. The van der Waals surface area contributed by atoms with Gasteiger partial charge < -0.3 is 29.6 Å². The molecule has 3 N–H and O–H groups in total. The molecule has 0 aliphatic carbocycles. The van der Waals surface area contributed by atoms with E-state index in [2.05, 4.69) is 10.3 Å². The van der Waals surface area contributed by atoms with E-state index in [1.165, 1.54) is 20.0 Å². The lowest BCUT2D eigenvalue weighted by Gasteiger charge is -2.32. The lowest BCUT2D eigenvalue weighted by Crippen LogP contribution is -2.54. The SMILES string of the molecule is Cc1c[nH]c(=O)n([C@@H]2O[C@@H](COC(=O)C(C)NC(=O)OC(C)(C)C)[C@](C)(O)[C@@]2(C)F)c1=O. The Balaban J connectivity index is 2.14. The van der Waals surface area contributed by atoms with Gasteiger partial charge in [0.2, 0.25) is 0 Å². The van der Waals surface area contributed by atoms with E-state index in [-0.39, 0.29) is 5.56 Å². The summed E-state index contributed by atoms with van der Waals surface area (Å²) in [6.07, 6.45) is -2.83. The second-order valence-corrected chi connectivity index (χ2v) is 9.15. The molecule has 0 saturated carbocycles. The van der Waals surface area contributed by atoms with Crippen molar-refractivity contribution in [3.63, 3.8) is 0 Å². The van der Waals surface area contributed by atoms with E-state index < -0.39 is 65.2 Å². The van der Waals surface area contributed by atoms with E-state index in [0.29, 0.717) is 4.57 Å². The molecule has 1 aliphatic rings. The molecule has 11 nitrogen and oxygen atoms in total. The summed E-state index contributed by atoms with van der Waals surface area (Å²) < 4.78 is 31.8. The van der Waals surface area contributed by atoms with E-state index in [1.807, 2.05) is 0 Å². The molecule has 32 heavy (non-hydrogen) atoms. The van der Waals surface area contributed by atoms with Gasteiger partial charge in [-0.25, -0.2) is 23.3 Å². The number of hydrogen-bond donors (Lipinski definition) is 3. The minimum Gasteiger partial charge on any atom is -0.461 e. The fourth-order valence-corrected chi connectivity index (χ4v) is 3.11. The molecule has 2 heterocycles. The smallest absolute Gasteiger partial charge is 0.408 e. The zero-order valence-electron chi connectivity index (χ0n) is 19.1. The molecule has 2 rings (SSSR count). The number of nitrogens with one attached hydrogen (secondary N) is 2. The van der Waals surface area contributed by atoms with Crippen LogP contribution >= 0.6 is 0 Å². The molecule has 0 aromatic carbocycles. The Bertz CT molecular complexity index is 992. The third-order valence-corrected chi connectivity index (χ3v) is 5.26. The van der Waals surface area contributed by atoms with Crippen molar-refractivity contribution >= 4 is 12.1 Å². The van der Waals surface area contributed by atoms with E-state index in [9.17, 15) is 24.3 Å². The fourth-order valence-electron chi connectivity index (χ4n) is 3.11. The molecule has 0 spiro atoms. The van der Waals surface area contributed by atoms with Crippen molar-refractivity contribution in [2.45, 2.75) is 83.7 Å². The van der Waals surface area contributed by atoms with Gasteiger partial charge in [-0.2, -0.15) is 0 Å². The van der Waals surface area contributed by atoms with Crippen molar-refractivity contribution in [3.05, 3.63) is 32.6 Å². The molecular weight excluding hydrogens is 429 g/mol. The van der Waals surface area contributed by atoms with Crippen LogP contribution in [0.15, 0.2) is 15.8 Å². The number of carbonyl (C=O) groups is 2. The molecule has 1 fully saturated rings. The van der Waals surface area contributed by atoms with Gasteiger partial charge in [0, 0.05) is 11.8 Å². The first-order chi connectivity index (χ1) is 14.5. The molecule has 1 aromatic rings. The van der Waals surface area contributed by atoms with Gasteiger partial charge in [0.25, 0.3) is 5.56 Å². The number of rotatable bonds is 5. The van der Waals surface area contributed by atoms with Gasteiger partial charge in [0.1, 0.15) is 30.0 Å². The first-order valence-electron chi connectivity index (χ1n) is 10.0. The average molecular weight is 459 g/mol. The van der Waals surface area contributed by atoms with Crippen LogP contribution in [0.25, 0.3) is 0 Å². The number of aromatic amines is 1. The number of aromatic nitrogens is 2. The van der Waals surface area contributed by atoms with Crippen molar-refractivity contribution in [1.82, 2.24) is 14.9 Å². The molecule has 5 atom stereocenters. The van der Waals surface area contributed by atoms with Crippen molar-refractivity contribution in [1.29, 1.82) is 0 Å². The van der Waals surface area contributed by atoms with Gasteiger partial charge >= 0.3 is 17.8 Å². The summed E-state index contributed by atoms with van der Waals surface area (Å²) in [6, 6.07) is -1.11. The van der Waals surface area contributed by atoms with Crippen LogP contribution < -0.4 is 16.6 Å². The van der Waals surface area contributed by atoms with Gasteiger partial charge in [-0.05, 0) is 48.5 Å². The predicted octanol–water partition coefficient (Wildman–Crippen LogP) is 0.678. The summed E-state index contributed by atoms with van der Waals surface area (Å²) in [4.78, 5) is 50.9.